The van der Waals surface area contributed by atoms with Gasteiger partial charge in [0, 0.05) is 10.8 Å². The number of aliphatic hydroxyl groups is 1. The molecule has 0 bridgehead atoms. The molecule has 1 N–H and O–H groups in total. The average Bonchev–Trinajstić information content (AvgIpc) is 3.68. The lowest BCUT2D eigenvalue weighted by molar-refractivity contribution is -0.117. The highest BCUT2D eigenvalue weighted by molar-refractivity contribution is 8.00. The van der Waals surface area contributed by atoms with E-state index in [0.717, 1.165) is 5.56 Å². The van der Waals surface area contributed by atoms with Crippen molar-refractivity contribution in [3.05, 3.63) is 113 Å². The predicted octanol–water partition coefficient (Wildman–Crippen LogP) is 6.42. The molecule has 38 heavy (non-hydrogen) atoms. The maximum atomic E-state index is 13.3. The number of benzene rings is 2. The van der Waals surface area contributed by atoms with Crippen molar-refractivity contribution in [2.75, 3.05) is 11.5 Å². The molecule has 11 heteroatoms. The largest absolute Gasteiger partial charge is 0.503 e. The number of furan rings is 1. The molecule has 2 aromatic carbocycles. The number of thioether (sulfide) groups is 1. The Balaban J connectivity index is 1.47. The monoisotopic (exact) mass is 565 g/mol. The van der Waals surface area contributed by atoms with Gasteiger partial charge in [0.2, 0.25) is 10.9 Å². The number of ketones is 1. The topological polar surface area (TPSA) is 106 Å². The van der Waals surface area contributed by atoms with Crippen molar-refractivity contribution in [1.29, 1.82) is 0 Å². The predicted molar refractivity (Wildman–Crippen MR) is 146 cm³/mol. The SMILES string of the molecule is C=CCOc1ccc(C2C(C(=O)c3ccco3)=C(O)C(=O)N2c2nnc(SCc3ccc(Cl)cc3)s2)cc1. The lowest BCUT2D eigenvalue weighted by atomic mass is 9.95. The third-order valence-electron chi connectivity index (χ3n) is 5.64. The van der Waals surface area contributed by atoms with E-state index < -0.39 is 23.5 Å². The zero-order chi connectivity index (χ0) is 26.6. The number of hydrogen-bond donors (Lipinski definition) is 1. The standard InChI is InChI=1S/C27H20ClN3O5S2/c1-2-13-35-19-11-7-17(8-12-19)22-21(23(32)20-4-3-14-36-20)24(33)25(34)31(22)26-29-30-27(38-26)37-15-16-5-9-18(28)10-6-16/h2-12,14,22,33H,1,13,15H2. The van der Waals surface area contributed by atoms with Crippen LogP contribution in [0.1, 0.15) is 27.7 Å². The second-order valence-electron chi connectivity index (χ2n) is 8.08. The summed E-state index contributed by atoms with van der Waals surface area (Å²) in [5.41, 5.74) is 1.53. The fourth-order valence-corrected chi connectivity index (χ4v) is 5.83. The molecule has 0 radical (unpaired) electrons. The second-order valence-corrected chi connectivity index (χ2v) is 10.7. The average molecular weight is 566 g/mol. The van der Waals surface area contributed by atoms with Gasteiger partial charge in [-0.15, -0.1) is 10.2 Å². The summed E-state index contributed by atoms with van der Waals surface area (Å²) in [5, 5.41) is 20.2. The van der Waals surface area contributed by atoms with Crippen LogP contribution in [0.4, 0.5) is 5.13 Å². The molecule has 1 aliphatic heterocycles. The van der Waals surface area contributed by atoms with Crippen LogP contribution in [-0.2, 0) is 10.5 Å². The van der Waals surface area contributed by atoms with Gasteiger partial charge in [-0.1, -0.05) is 71.6 Å². The van der Waals surface area contributed by atoms with Crippen LogP contribution < -0.4 is 9.64 Å². The molecule has 8 nitrogen and oxygen atoms in total. The number of carbonyl (C=O) groups is 2. The number of amides is 1. The van der Waals surface area contributed by atoms with E-state index in [0.29, 0.717) is 33.0 Å². The number of hydrogen-bond acceptors (Lipinski definition) is 9. The van der Waals surface area contributed by atoms with Crippen molar-refractivity contribution >= 4 is 51.5 Å². The number of halogens is 1. The van der Waals surface area contributed by atoms with Crippen LogP contribution in [0, 0.1) is 0 Å². The van der Waals surface area contributed by atoms with Gasteiger partial charge in [-0.2, -0.15) is 0 Å². The van der Waals surface area contributed by atoms with Crippen molar-refractivity contribution in [2.24, 2.45) is 0 Å². The van der Waals surface area contributed by atoms with Crippen LogP contribution in [-0.4, -0.2) is 33.6 Å². The first-order valence-corrected chi connectivity index (χ1v) is 13.5. The van der Waals surface area contributed by atoms with Crippen molar-refractivity contribution in [2.45, 2.75) is 16.1 Å². The summed E-state index contributed by atoms with van der Waals surface area (Å²) in [6.07, 6.45) is 2.99. The molecule has 192 valence electrons. The maximum absolute atomic E-state index is 13.3. The van der Waals surface area contributed by atoms with Crippen molar-refractivity contribution in [1.82, 2.24) is 10.2 Å². The highest BCUT2D eigenvalue weighted by Crippen LogP contribution is 2.44. The summed E-state index contributed by atoms with van der Waals surface area (Å²) in [5.74, 6) is -0.776. The zero-order valence-electron chi connectivity index (χ0n) is 19.7. The zero-order valence-corrected chi connectivity index (χ0v) is 22.1. The number of aromatic nitrogens is 2. The summed E-state index contributed by atoms with van der Waals surface area (Å²) in [6.45, 7) is 3.97. The molecule has 0 saturated heterocycles. The van der Waals surface area contributed by atoms with Crippen LogP contribution in [0.2, 0.25) is 5.02 Å². The van der Waals surface area contributed by atoms with Gasteiger partial charge in [0.1, 0.15) is 12.4 Å². The van der Waals surface area contributed by atoms with E-state index in [-0.39, 0.29) is 16.5 Å². The van der Waals surface area contributed by atoms with Gasteiger partial charge in [0.05, 0.1) is 17.9 Å². The van der Waals surface area contributed by atoms with E-state index in [1.807, 2.05) is 24.3 Å². The maximum Gasteiger partial charge on any atom is 0.296 e. The van der Waals surface area contributed by atoms with Gasteiger partial charge in [-0.05, 0) is 47.5 Å². The van der Waals surface area contributed by atoms with Gasteiger partial charge < -0.3 is 14.3 Å². The summed E-state index contributed by atoms with van der Waals surface area (Å²) < 4.78 is 11.5. The van der Waals surface area contributed by atoms with E-state index in [1.165, 1.54) is 40.3 Å². The van der Waals surface area contributed by atoms with Gasteiger partial charge in [-0.3, -0.25) is 14.5 Å². The Labute approximate surface area is 231 Å². The summed E-state index contributed by atoms with van der Waals surface area (Å²) in [6, 6.07) is 16.5. The molecule has 2 aromatic heterocycles. The summed E-state index contributed by atoms with van der Waals surface area (Å²) >= 11 is 8.61. The Bertz CT molecular complexity index is 1500. The third kappa shape index (κ3) is 5.24. The van der Waals surface area contributed by atoms with Gasteiger partial charge in [0.25, 0.3) is 5.91 Å². The smallest absolute Gasteiger partial charge is 0.296 e. The molecule has 0 fully saturated rings. The highest BCUT2D eigenvalue weighted by Gasteiger charge is 2.46. The number of Topliss-reactive ketones (excluding diaryl/α,β-unsaturated/α-hetero) is 1. The van der Waals surface area contributed by atoms with Crippen molar-refractivity contribution in [3.8, 4) is 5.75 Å². The molecule has 0 spiro atoms. The van der Waals surface area contributed by atoms with Gasteiger partial charge >= 0.3 is 0 Å². The number of aliphatic hydroxyl groups excluding tert-OH is 1. The van der Waals surface area contributed by atoms with E-state index in [4.69, 9.17) is 20.8 Å². The Morgan fingerprint density at radius 2 is 1.95 bits per heavy atom. The molecule has 1 atom stereocenters. The third-order valence-corrected chi connectivity index (χ3v) is 8.02. The van der Waals surface area contributed by atoms with Crippen LogP contribution in [0.25, 0.3) is 0 Å². The molecule has 4 aromatic rings. The minimum Gasteiger partial charge on any atom is -0.503 e. The lowest BCUT2D eigenvalue weighted by Crippen LogP contribution is -2.31. The van der Waals surface area contributed by atoms with E-state index in [9.17, 15) is 14.7 Å². The molecule has 0 saturated carbocycles. The first-order chi connectivity index (χ1) is 18.5. The molecule has 1 amide bonds. The van der Waals surface area contributed by atoms with Crippen LogP contribution in [0.3, 0.4) is 0 Å². The first kappa shape index (κ1) is 25.8. The molecular weight excluding hydrogens is 546 g/mol. The Morgan fingerprint density at radius 3 is 2.63 bits per heavy atom. The number of nitrogens with zero attached hydrogens (tertiary/aromatic N) is 3. The fraction of sp³-hybridized carbons (Fsp3) is 0.111. The van der Waals surface area contributed by atoms with Crippen LogP contribution in [0.15, 0.2) is 99.7 Å². The number of rotatable bonds is 10. The number of carbonyl (C=O) groups excluding carboxylic acids is 2. The van der Waals surface area contributed by atoms with Gasteiger partial charge in [-0.25, -0.2) is 0 Å². The molecule has 1 aliphatic rings. The minimum absolute atomic E-state index is 0.00797. The molecule has 3 heterocycles. The fourth-order valence-electron chi connectivity index (χ4n) is 3.88. The van der Waals surface area contributed by atoms with Crippen LogP contribution >= 0.6 is 34.7 Å². The quantitative estimate of drug-likeness (QED) is 0.102. The van der Waals surface area contributed by atoms with E-state index >= 15 is 0 Å². The molecular formula is C27H20ClN3O5S2. The number of ether oxygens (including phenoxy) is 1. The highest BCUT2D eigenvalue weighted by atomic mass is 35.5. The van der Waals surface area contributed by atoms with Crippen LogP contribution in [0.5, 0.6) is 5.75 Å². The normalized spacial score (nSPS) is 15.2. The van der Waals surface area contributed by atoms with E-state index in [1.54, 1.807) is 36.4 Å². The van der Waals surface area contributed by atoms with Crippen molar-refractivity contribution in [3.63, 3.8) is 0 Å². The van der Waals surface area contributed by atoms with E-state index in [2.05, 4.69) is 16.8 Å². The first-order valence-electron chi connectivity index (χ1n) is 11.4. The second kappa shape index (κ2) is 11.3. The Morgan fingerprint density at radius 1 is 1.18 bits per heavy atom. The number of anilines is 1. The Kier molecular flexibility index (Phi) is 7.64. The Hall–Kier alpha value is -3.86. The molecule has 1 unspecified atom stereocenters. The van der Waals surface area contributed by atoms with Crippen molar-refractivity contribution < 1.29 is 23.8 Å². The lowest BCUT2D eigenvalue weighted by Gasteiger charge is -2.24. The summed E-state index contributed by atoms with van der Waals surface area (Å²) in [7, 11) is 0. The summed E-state index contributed by atoms with van der Waals surface area (Å²) in [4.78, 5) is 28.0. The molecule has 5 rings (SSSR count). The minimum atomic E-state index is -0.949. The van der Waals surface area contributed by atoms with Gasteiger partial charge in [0.15, 0.2) is 15.9 Å². The molecule has 0 aliphatic carbocycles.